The van der Waals surface area contributed by atoms with Gasteiger partial charge in [0.25, 0.3) is 0 Å². The van der Waals surface area contributed by atoms with Crippen molar-refractivity contribution >= 4 is 17.5 Å². The minimum absolute atomic E-state index is 0.00851. The first kappa shape index (κ1) is 11.4. The van der Waals surface area contributed by atoms with E-state index in [1.807, 2.05) is 6.92 Å². The van der Waals surface area contributed by atoms with Gasteiger partial charge in [0.1, 0.15) is 5.78 Å². The molecule has 1 N–H and O–H groups in total. The van der Waals surface area contributed by atoms with E-state index in [2.05, 4.69) is 10.2 Å². The maximum Gasteiger partial charge on any atom is 0.343 e. The van der Waals surface area contributed by atoms with Gasteiger partial charge < -0.3 is 0 Å². The van der Waals surface area contributed by atoms with E-state index in [9.17, 15) is 9.59 Å². The molecule has 16 heavy (non-hydrogen) atoms. The normalized spacial score (nSPS) is 20.6. The number of H-pyrrole nitrogens is 1. The summed E-state index contributed by atoms with van der Waals surface area (Å²) in [6, 6.07) is 0. The Morgan fingerprint density at radius 2 is 2.38 bits per heavy atom. The third-order valence-electron chi connectivity index (χ3n) is 2.67. The van der Waals surface area contributed by atoms with Gasteiger partial charge in [0.15, 0.2) is 5.16 Å². The van der Waals surface area contributed by atoms with Gasteiger partial charge >= 0.3 is 5.69 Å². The highest BCUT2D eigenvalue weighted by Gasteiger charge is 2.27. The summed E-state index contributed by atoms with van der Waals surface area (Å²) in [4.78, 5) is 22.9. The molecule has 0 amide bonds. The van der Waals surface area contributed by atoms with Crippen LogP contribution in [0, 0.1) is 0 Å². The number of thioether (sulfide) groups is 1. The van der Waals surface area contributed by atoms with Gasteiger partial charge in [-0.3, -0.25) is 9.36 Å². The van der Waals surface area contributed by atoms with Gasteiger partial charge in [-0.1, -0.05) is 18.7 Å². The highest BCUT2D eigenvalue weighted by molar-refractivity contribution is 8.00. The molecule has 1 aromatic heterocycles. The van der Waals surface area contributed by atoms with E-state index < -0.39 is 0 Å². The van der Waals surface area contributed by atoms with Crippen LogP contribution in [-0.2, 0) is 11.3 Å². The predicted molar refractivity (Wildman–Crippen MR) is 61.6 cm³/mol. The van der Waals surface area contributed by atoms with Crippen molar-refractivity contribution in [1.82, 2.24) is 14.8 Å². The molecule has 0 radical (unpaired) electrons. The van der Waals surface area contributed by atoms with Gasteiger partial charge in [-0.25, -0.2) is 9.89 Å². The van der Waals surface area contributed by atoms with Gasteiger partial charge in [0.2, 0.25) is 0 Å². The maximum absolute atomic E-state index is 11.5. The number of carbonyl (C=O) groups excluding carboxylic acids is 1. The molecule has 1 heterocycles. The fraction of sp³-hybridized carbons (Fsp3) is 0.700. The van der Waals surface area contributed by atoms with Crippen LogP contribution in [0.1, 0.15) is 32.6 Å². The van der Waals surface area contributed by atoms with Crippen molar-refractivity contribution in [2.75, 3.05) is 0 Å². The van der Waals surface area contributed by atoms with Crippen LogP contribution in [0.3, 0.4) is 0 Å². The molecule has 5 nitrogen and oxygen atoms in total. The number of ketones is 1. The fourth-order valence-electron chi connectivity index (χ4n) is 1.85. The van der Waals surface area contributed by atoms with Crippen LogP contribution in [0.5, 0.6) is 0 Å². The lowest BCUT2D eigenvalue weighted by atomic mass is 10.3. The largest absolute Gasteiger partial charge is 0.343 e. The summed E-state index contributed by atoms with van der Waals surface area (Å²) >= 11 is 1.42. The van der Waals surface area contributed by atoms with Crippen molar-refractivity contribution < 1.29 is 4.79 Å². The molecule has 0 aromatic carbocycles. The summed E-state index contributed by atoms with van der Waals surface area (Å²) in [5, 5.41) is 7.04. The number of aromatic nitrogens is 3. The van der Waals surface area contributed by atoms with Crippen LogP contribution in [0.15, 0.2) is 9.95 Å². The summed E-state index contributed by atoms with van der Waals surface area (Å²) in [7, 11) is 0. The molecule has 2 rings (SSSR count). The summed E-state index contributed by atoms with van der Waals surface area (Å²) in [6.45, 7) is 2.66. The molecule has 0 saturated heterocycles. The summed E-state index contributed by atoms with van der Waals surface area (Å²) in [5.41, 5.74) is -0.185. The Morgan fingerprint density at radius 1 is 1.56 bits per heavy atom. The second-order valence-corrected chi connectivity index (χ2v) is 5.10. The van der Waals surface area contributed by atoms with Gasteiger partial charge in [-0.05, 0) is 19.3 Å². The molecular formula is C10H15N3O2S. The zero-order valence-electron chi connectivity index (χ0n) is 9.23. The number of nitrogens with zero attached hydrogens (tertiary/aromatic N) is 2. The minimum Gasteiger partial charge on any atom is -0.298 e. The van der Waals surface area contributed by atoms with Crippen LogP contribution in [0.25, 0.3) is 0 Å². The van der Waals surface area contributed by atoms with Crippen molar-refractivity contribution in [3.63, 3.8) is 0 Å². The van der Waals surface area contributed by atoms with E-state index in [1.165, 1.54) is 11.8 Å². The van der Waals surface area contributed by atoms with Crippen LogP contribution in [-0.4, -0.2) is 25.8 Å². The first-order valence-electron chi connectivity index (χ1n) is 5.57. The Morgan fingerprint density at radius 3 is 3.00 bits per heavy atom. The fourth-order valence-corrected chi connectivity index (χ4v) is 3.04. The van der Waals surface area contributed by atoms with Gasteiger partial charge in [0, 0.05) is 13.0 Å². The molecule has 88 valence electrons. The summed E-state index contributed by atoms with van der Waals surface area (Å²) in [6.07, 6.45) is 3.40. The van der Waals surface area contributed by atoms with E-state index >= 15 is 0 Å². The molecule has 1 aliphatic carbocycles. The molecule has 1 atom stereocenters. The number of aromatic amines is 1. The second-order valence-electron chi connectivity index (χ2n) is 3.93. The quantitative estimate of drug-likeness (QED) is 0.860. The highest BCUT2D eigenvalue weighted by atomic mass is 32.2. The highest BCUT2D eigenvalue weighted by Crippen LogP contribution is 2.30. The lowest BCUT2D eigenvalue weighted by Crippen LogP contribution is -2.18. The van der Waals surface area contributed by atoms with Crippen LogP contribution in [0.2, 0.25) is 0 Å². The molecule has 0 aliphatic heterocycles. The number of nitrogens with one attached hydrogen (secondary N) is 1. The lowest BCUT2D eigenvalue weighted by molar-refractivity contribution is -0.116. The monoisotopic (exact) mass is 241 g/mol. The van der Waals surface area contributed by atoms with E-state index in [1.54, 1.807) is 4.57 Å². The molecule has 0 spiro atoms. The molecule has 0 bridgehead atoms. The topological polar surface area (TPSA) is 67.8 Å². The van der Waals surface area contributed by atoms with Gasteiger partial charge in [-0.15, -0.1) is 5.10 Å². The molecule has 1 aliphatic rings. The average molecular weight is 241 g/mol. The van der Waals surface area contributed by atoms with Crippen LogP contribution in [0.4, 0.5) is 0 Å². The molecule has 1 saturated carbocycles. The van der Waals surface area contributed by atoms with Crippen molar-refractivity contribution in [1.29, 1.82) is 0 Å². The summed E-state index contributed by atoms with van der Waals surface area (Å²) < 4.78 is 1.61. The van der Waals surface area contributed by atoms with Crippen molar-refractivity contribution in [3.8, 4) is 0 Å². The minimum atomic E-state index is -0.185. The zero-order valence-corrected chi connectivity index (χ0v) is 10.0. The predicted octanol–water partition coefficient (Wildman–Crippen LogP) is 1.20. The maximum atomic E-state index is 11.5. The average Bonchev–Trinajstić information content (AvgIpc) is 2.80. The Balaban J connectivity index is 2.14. The summed E-state index contributed by atoms with van der Waals surface area (Å²) in [5.74, 6) is 0.281. The van der Waals surface area contributed by atoms with Crippen molar-refractivity contribution in [3.05, 3.63) is 10.5 Å². The number of Topliss-reactive ketones (excluding diaryl/α,β-unsaturated/α-hetero) is 1. The van der Waals surface area contributed by atoms with E-state index in [4.69, 9.17) is 0 Å². The SMILES string of the molecule is CCCn1c(SC2CCCC2=O)n[nH]c1=O. The van der Waals surface area contributed by atoms with Crippen LogP contribution < -0.4 is 5.69 Å². The van der Waals surface area contributed by atoms with Crippen LogP contribution >= 0.6 is 11.8 Å². The lowest BCUT2D eigenvalue weighted by Gasteiger charge is -2.07. The Labute approximate surface area is 97.6 Å². The van der Waals surface area contributed by atoms with Gasteiger partial charge in [-0.2, -0.15) is 0 Å². The van der Waals surface area contributed by atoms with Gasteiger partial charge in [0.05, 0.1) is 5.25 Å². The van der Waals surface area contributed by atoms with E-state index in [0.717, 1.165) is 19.3 Å². The third kappa shape index (κ3) is 2.21. The number of hydrogen-bond acceptors (Lipinski definition) is 4. The number of rotatable bonds is 4. The Bertz CT molecular complexity index is 438. The van der Waals surface area contributed by atoms with Crippen molar-refractivity contribution in [2.45, 2.75) is 49.6 Å². The molecule has 6 heteroatoms. The molecule has 1 aromatic rings. The first-order valence-corrected chi connectivity index (χ1v) is 6.45. The molecule has 1 fully saturated rings. The standard InChI is InChI=1S/C10H15N3O2S/c1-2-6-13-9(15)11-12-10(13)16-8-5-3-4-7(8)14/h8H,2-6H2,1H3,(H,11,15). The Hall–Kier alpha value is -1.04. The third-order valence-corrected chi connectivity index (χ3v) is 3.97. The molecular weight excluding hydrogens is 226 g/mol. The number of hydrogen-bond donors (Lipinski definition) is 1. The second kappa shape index (κ2) is 4.86. The van der Waals surface area contributed by atoms with E-state index in [-0.39, 0.29) is 16.7 Å². The number of carbonyl (C=O) groups is 1. The smallest absolute Gasteiger partial charge is 0.298 e. The zero-order chi connectivity index (χ0) is 11.5. The van der Waals surface area contributed by atoms with Crippen molar-refractivity contribution in [2.24, 2.45) is 0 Å². The molecule has 1 unspecified atom stereocenters. The Kier molecular flexibility index (Phi) is 3.48. The van der Waals surface area contributed by atoms with E-state index in [0.29, 0.717) is 18.1 Å². The first-order chi connectivity index (χ1) is 7.72.